The van der Waals surface area contributed by atoms with Crippen molar-refractivity contribution in [2.75, 3.05) is 26.2 Å². The molecule has 0 bridgehead atoms. The zero-order valence-electron chi connectivity index (χ0n) is 15.4. The molecule has 2 heterocycles. The molecule has 3 aromatic rings. The van der Waals surface area contributed by atoms with E-state index in [2.05, 4.69) is 10.6 Å². The molecule has 4 rings (SSSR count). The summed E-state index contributed by atoms with van der Waals surface area (Å²) in [6.45, 7) is 4.56. The summed E-state index contributed by atoms with van der Waals surface area (Å²) in [7, 11) is 0. The third-order valence-electron chi connectivity index (χ3n) is 4.39. The van der Waals surface area contributed by atoms with E-state index in [-0.39, 0.29) is 0 Å². The fourth-order valence-corrected chi connectivity index (χ4v) is 2.92. The Kier molecular flexibility index (Phi) is 6.66. The average Bonchev–Trinajstić information content (AvgIpc) is 3.23. The van der Waals surface area contributed by atoms with E-state index in [1.807, 2.05) is 0 Å². The van der Waals surface area contributed by atoms with Crippen molar-refractivity contribution in [2.24, 2.45) is 0 Å². The largest absolute Gasteiger partial charge is 0.417 e. The van der Waals surface area contributed by atoms with E-state index in [9.17, 15) is 22.0 Å². The van der Waals surface area contributed by atoms with Crippen LogP contribution in [0.1, 0.15) is 5.56 Å². The van der Waals surface area contributed by atoms with E-state index in [1.54, 1.807) is 24.3 Å². The minimum atomic E-state index is -4.44. The molecule has 2 aromatic carbocycles. The number of nitrogens with zero attached hydrogens (tertiary/aromatic N) is 1. The zero-order valence-corrected chi connectivity index (χ0v) is 15.4. The third kappa shape index (κ3) is 5.42. The van der Waals surface area contributed by atoms with Crippen LogP contribution in [0.4, 0.5) is 22.0 Å². The normalized spacial score (nSPS) is 14.2. The van der Waals surface area contributed by atoms with Gasteiger partial charge < -0.3 is 15.2 Å². The Morgan fingerprint density at radius 3 is 2.00 bits per heavy atom. The van der Waals surface area contributed by atoms with Gasteiger partial charge in [0.05, 0.1) is 11.3 Å². The van der Waals surface area contributed by atoms with E-state index in [0.717, 1.165) is 50.6 Å². The van der Waals surface area contributed by atoms with Crippen LogP contribution in [0.15, 0.2) is 60.9 Å². The highest BCUT2D eigenvalue weighted by Gasteiger charge is 2.31. The molecule has 3 nitrogen and oxygen atoms in total. The molecule has 0 saturated carbocycles. The van der Waals surface area contributed by atoms with Crippen LogP contribution in [0.25, 0.3) is 16.8 Å². The van der Waals surface area contributed by atoms with Crippen LogP contribution in [0, 0.1) is 11.6 Å². The van der Waals surface area contributed by atoms with Gasteiger partial charge in [-0.2, -0.15) is 13.2 Å². The van der Waals surface area contributed by atoms with Gasteiger partial charge in [0.15, 0.2) is 11.6 Å². The molecule has 1 saturated heterocycles. The lowest BCUT2D eigenvalue weighted by Gasteiger charge is -2.11. The Balaban J connectivity index is 0.000000343. The molecule has 29 heavy (non-hydrogen) atoms. The van der Waals surface area contributed by atoms with Crippen LogP contribution in [0.5, 0.6) is 0 Å². The summed E-state index contributed by atoms with van der Waals surface area (Å²) in [5, 5.41) is 6.44. The predicted octanol–water partition coefficient (Wildman–Crippen LogP) is 4.62. The number of alkyl halides is 3. The minimum Gasteiger partial charge on any atom is -0.323 e. The van der Waals surface area contributed by atoms with Gasteiger partial charge >= 0.3 is 6.18 Å². The van der Waals surface area contributed by atoms with Gasteiger partial charge in [0, 0.05) is 44.1 Å². The van der Waals surface area contributed by atoms with Crippen molar-refractivity contribution in [3.63, 3.8) is 0 Å². The lowest BCUT2D eigenvalue weighted by Crippen LogP contribution is -2.39. The standard InChI is InChI=1S/C17H10F5N.C4H10N2/c18-14-6-5-11(9-15(14)19)13-3-1-2-4-16(13)23-8-7-12(10-23)17(20,21)22;1-2-6-4-3-5-1/h1-10H;5-6H,1-4H2. The van der Waals surface area contributed by atoms with Crippen LogP contribution < -0.4 is 10.6 Å². The number of benzene rings is 2. The summed E-state index contributed by atoms with van der Waals surface area (Å²) in [6, 6.07) is 10.9. The van der Waals surface area contributed by atoms with Crippen LogP contribution in [-0.4, -0.2) is 30.7 Å². The number of hydrogen-bond donors (Lipinski definition) is 2. The predicted molar refractivity (Wildman–Crippen MR) is 102 cm³/mol. The number of nitrogens with one attached hydrogen (secondary N) is 2. The van der Waals surface area contributed by atoms with Crippen molar-refractivity contribution in [3.8, 4) is 16.8 Å². The molecular formula is C21H20F5N3. The van der Waals surface area contributed by atoms with Gasteiger partial charge in [-0.25, -0.2) is 8.78 Å². The second-order valence-electron chi connectivity index (χ2n) is 6.45. The fourth-order valence-electron chi connectivity index (χ4n) is 2.92. The number of para-hydroxylation sites is 1. The molecular weight excluding hydrogens is 389 g/mol. The van der Waals surface area contributed by atoms with Gasteiger partial charge in [-0.3, -0.25) is 0 Å². The molecule has 154 valence electrons. The third-order valence-corrected chi connectivity index (χ3v) is 4.39. The Morgan fingerprint density at radius 2 is 1.45 bits per heavy atom. The summed E-state index contributed by atoms with van der Waals surface area (Å²) < 4.78 is 66.0. The van der Waals surface area contributed by atoms with E-state index in [1.165, 1.54) is 16.8 Å². The monoisotopic (exact) mass is 409 g/mol. The molecule has 0 amide bonds. The van der Waals surface area contributed by atoms with Gasteiger partial charge in [-0.1, -0.05) is 24.3 Å². The molecule has 1 fully saturated rings. The quantitative estimate of drug-likeness (QED) is 0.605. The number of aromatic nitrogens is 1. The first-order valence-corrected chi connectivity index (χ1v) is 9.08. The second kappa shape index (κ2) is 9.19. The van der Waals surface area contributed by atoms with Crippen LogP contribution >= 0.6 is 0 Å². The van der Waals surface area contributed by atoms with Crippen molar-refractivity contribution < 1.29 is 22.0 Å². The summed E-state index contributed by atoms with van der Waals surface area (Å²) in [4.78, 5) is 0. The van der Waals surface area contributed by atoms with Crippen molar-refractivity contribution in [1.82, 2.24) is 15.2 Å². The topological polar surface area (TPSA) is 29.0 Å². The Bertz CT molecular complexity index is 934. The van der Waals surface area contributed by atoms with Crippen molar-refractivity contribution in [2.45, 2.75) is 6.18 Å². The number of halogens is 5. The summed E-state index contributed by atoms with van der Waals surface area (Å²) in [6.07, 6.45) is -2.21. The highest BCUT2D eigenvalue weighted by Crippen LogP contribution is 2.32. The van der Waals surface area contributed by atoms with E-state index < -0.39 is 23.4 Å². The summed E-state index contributed by atoms with van der Waals surface area (Å²) >= 11 is 0. The average molecular weight is 409 g/mol. The maximum absolute atomic E-state index is 13.4. The molecule has 8 heteroatoms. The maximum atomic E-state index is 13.4. The van der Waals surface area contributed by atoms with Gasteiger partial charge in [0.25, 0.3) is 0 Å². The second-order valence-corrected chi connectivity index (χ2v) is 6.45. The number of hydrogen-bond acceptors (Lipinski definition) is 2. The van der Waals surface area contributed by atoms with Gasteiger partial charge in [0.1, 0.15) is 0 Å². The molecule has 0 aliphatic carbocycles. The summed E-state index contributed by atoms with van der Waals surface area (Å²) in [5.74, 6) is -1.99. The highest BCUT2D eigenvalue weighted by molar-refractivity contribution is 5.73. The molecule has 0 spiro atoms. The lowest BCUT2D eigenvalue weighted by atomic mass is 10.0. The van der Waals surface area contributed by atoms with Crippen molar-refractivity contribution in [1.29, 1.82) is 0 Å². The molecule has 1 aliphatic heterocycles. The maximum Gasteiger partial charge on any atom is 0.417 e. The van der Waals surface area contributed by atoms with Crippen molar-refractivity contribution >= 4 is 0 Å². The van der Waals surface area contributed by atoms with Gasteiger partial charge in [-0.15, -0.1) is 0 Å². The molecule has 0 atom stereocenters. The fraction of sp³-hybridized carbons (Fsp3) is 0.238. The smallest absolute Gasteiger partial charge is 0.323 e. The number of piperazine rings is 1. The Labute approximate surface area is 165 Å². The summed E-state index contributed by atoms with van der Waals surface area (Å²) in [5.41, 5.74) is 0.532. The molecule has 0 radical (unpaired) electrons. The SMILES string of the molecule is C1CNCCN1.Fc1ccc(-c2ccccc2-n2ccc(C(F)(F)F)c2)cc1F. The first kappa shape index (κ1) is 21.0. The molecule has 1 aromatic heterocycles. The lowest BCUT2D eigenvalue weighted by molar-refractivity contribution is -0.137. The van der Waals surface area contributed by atoms with Gasteiger partial charge in [0.2, 0.25) is 0 Å². The van der Waals surface area contributed by atoms with E-state index in [0.29, 0.717) is 16.8 Å². The first-order chi connectivity index (χ1) is 13.9. The molecule has 1 aliphatic rings. The van der Waals surface area contributed by atoms with Crippen LogP contribution in [0.2, 0.25) is 0 Å². The number of rotatable bonds is 2. The van der Waals surface area contributed by atoms with E-state index >= 15 is 0 Å². The van der Waals surface area contributed by atoms with Crippen molar-refractivity contribution in [3.05, 3.63) is 78.1 Å². The van der Waals surface area contributed by atoms with Crippen LogP contribution in [0.3, 0.4) is 0 Å². The van der Waals surface area contributed by atoms with Crippen LogP contribution in [-0.2, 0) is 6.18 Å². The Morgan fingerprint density at radius 1 is 0.793 bits per heavy atom. The van der Waals surface area contributed by atoms with Gasteiger partial charge in [-0.05, 0) is 29.8 Å². The minimum absolute atomic E-state index is 0.377. The van der Waals surface area contributed by atoms with E-state index in [4.69, 9.17) is 0 Å². The first-order valence-electron chi connectivity index (χ1n) is 9.08. The Hall–Kier alpha value is -2.71. The highest BCUT2D eigenvalue weighted by atomic mass is 19.4. The molecule has 2 N–H and O–H groups in total. The molecule has 0 unspecified atom stereocenters. The zero-order chi connectivity index (χ0) is 20.9.